The maximum atomic E-state index is 15.1. The smallest absolute Gasteiger partial charge is 0.222 e. The SMILES string of the molecule is O=C(CC1CCC(OCCC2CC23CCN(C2NCC(Cl)CN2)CC3)CC1F)N1CC(CNC[C@H](O)[C@@H](O)[C@H](O)[C@H](O)CO)C1. The molecule has 0 bridgehead atoms. The van der Waals surface area contributed by atoms with E-state index < -0.39 is 37.2 Å². The number of carbonyl (C=O) groups excluding carboxylic acids is 1. The normalized spacial score (nSPS) is 35.0. The Labute approximate surface area is 271 Å². The highest BCUT2D eigenvalue weighted by Gasteiger charge is 2.54. The maximum absolute atomic E-state index is 15.1. The van der Waals surface area contributed by atoms with Crippen molar-refractivity contribution in [1.82, 2.24) is 25.8 Å². The van der Waals surface area contributed by atoms with Crippen LogP contribution in [0.3, 0.4) is 0 Å². The maximum Gasteiger partial charge on any atom is 0.222 e. The molecule has 0 aromatic heterocycles. The van der Waals surface area contributed by atoms with Gasteiger partial charge in [-0.3, -0.25) is 20.3 Å². The fraction of sp³-hybridized carbons (Fsp3) is 0.968. The van der Waals surface area contributed by atoms with Gasteiger partial charge in [0.05, 0.1) is 24.2 Å². The van der Waals surface area contributed by atoms with Gasteiger partial charge in [0.15, 0.2) is 0 Å². The molecule has 4 unspecified atom stereocenters. The van der Waals surface area contributed by atoms with Crippen LogP contribution in [0.4, 0.5) is 4.39 Å². The molecule has 0 aromatic carbocycles. The summed E-state index contributed by atoms with van der Waals surface area (Å²) in [6, 6.07) is 0. The number of hydrogen-bond acceptors (Lipinski definition) is 11. The molecule has 0 aromatic rings. The van der Waals surface area contributed by atoms with Crippen LogP contribution in [-0.4, -0.2) is 155 Å². The topological polar surface area (TPSA) is 170 Å². The van der Waals surface area contributed by atoms with Crippen molar-refractivity contribution in [3.05, 3.63) is 0 Å². The summed E-state index contributed by atoms with van der Waals surface area (Å²) in [6.45, 7) is 5.42. The Morgan fingerprint density at radius 3 is 2.42 bits per heavy atom. The molecular formula is C31H55ClFN5O7. The molecule has 12 nitrogen and oxygen atoms in total. The molecule has 3 saturated heterocycles. The number of piperidine rings is 1. The molecule has 260 valence electrons. The van der Waals surface area contributed by atoms with Gasteiger partial charge in [0, 0.05) is 77.7 Å². The summed E-state index contributed by atoms with van der Waals surface area (Å²) in [5.74, 6) is 0.588. The summed E-state index contributed by atoms with van der Waals surface area (Å²) in [7, 11) is 0. The van der Waals surface area contributed by atoms with Gasteiger partial charge in [-0.1, -0.05) is 0 Å². The molecule has 5 aliphatic rings. The first-order chi connectivity index (χ1) is 21.6. The van der Waals surface area contributed by atoms with Crippen LogP contribution in [0.1, 0.15) is 51.4 Å². The van der Waals surface area contributed by atoms with Gasteiger partial charge in [0.25, 0.3) is 0 Å². The molecule has 45 heavy (non-hydrogen) atoms. The number of nitrogens with zero attached hydrogens (tertiary/aromatic N) is 2. The number of nitrogens with one attached hydrogen (secondary N) is 3. The van der Waals surface area contributed by atoms with Gasteiger partial charge in [-0.05, 0) is 55.8 Å². The lowest BCUT2D eigenvalue weighted by Crippen LogP contribution is -2.63. The highest BCUT2D eigenvalue weighted by molar-refractivity contribution is 6.21. The lowest BCUT2D eigenvalue weighted by Gasteiger charge is -2.41. The van der Waals surface area contributed by atoms with Crippen LogP contribution in [0.2, 0.25) is 0 Å². The van der Waals surface area contributed by atoms with Crippen molar-refractivity contribution in [2.75, 3.05) is 65.6 Å². The molecule has 8 N–H and O–H groups in total. The fourth-order valence-electron chi connectivity index (χ4n) is 7.84. The number of carbonyl (C=O) groups is 1. The van der Waals surface area contributed by atoms with Gasteiger partial charge in [0.2, 0.25) is 5.91 Å². The fourth-order valence-corrected chi connectivity index (χ4v) is 8.02. The Kier molecular flexibility index (Phi) is 12.8. The van der Waals surface area contributed by atoms with E-state index in [1.807, 2.05) is 0 Å². The third-order valence-corrected chi connectivity index (χ3v) is 11.4. The summed E-state index contributed by atoms with van der Waals surface area (Å²) in [6.07, 6.45) is -0.214. The number of aliphatic hydroxyl groups is 5. The number of hydrogen-bond donors (Lipinski definition) is 8. The summed E-state index contributed by atoms with van der Waals surface area (Å²) >= 11 is 6.18. The molecule has 3 aliphatic heterocycles. The minimum Gasteiger partial charge on any atom is -0.394 e. The highest BCUT2D eigenvalue weighted by atomic mass is 35.5. The number of amides is 1. The van der Waals surface area contributed by atoms with Crippen LogP contribution < -0.4 is 16.0 Å². The van der Waals surface area contributed by atoms with E-state index in [0.717, 1.165) is 39.0 Å². The number of aliphatic hydroxyl groups excluding tert-OH is 5. The molecular weight excluding hydrogens is 609 g/mol. The number of likely N-dealkylation sites (tertiary alicyclic amines) is 2. The Morgan fingerprint density at radius 2 is 1.76 bits per heavy atom. The number of ether oxygens (including phenoxy) is 1. The van der Waals surface area contributed by atoms with E-state index in [-0.39, 0.29) is 48.5 Å². The average molecular weight is 664 g/mol. The van der Waals surface area contributed by atoms with Crippen LogP contribution in [-0.2, 0) is 9.53 Å². The van der Waals surface area contributed by atoms with E-state index in [9.17, 15) is 25.2 Å². The second kappa shape index (κ2) is 16.1. The van der Waals surface area contributed by atoms with Crippen LogP contribution in [0.15, 0.2) is 0 Å². The third-order valence-electron chi connectivity index (χ3n) is 11.1. The van der Waals surface area contributed by atoms with Gasteiger partial charge in [-0.25, -0.2) is 4.39 Å². The van der Waals surface area contributed by atoms with Crippen molar-refractivity contribution in [2.24, 2.45) is 23.2 Å². The first kappa shape index (κ1) is 35.6. The van der Waals surface area contributed by atoms with E-state index in [4.69, 9.17) is 21.4 Å². The van der Waals surface area contributed by atoms with Gasteiger partial charge in [0.1, 0.15) is 30.8 Å². The molecule has 2 aliphatic carbocycles. The Hall–Kier alpha value is -0.710. The minimum absolute atomic E-state index is 0.0117. The van der Waals surface area contributed by atoms with E-state index in [1.54, 1.807) is 4.90 Å². The monoisotopic (exact) mass is 663 g/mol. The standard InChI is InChI=1S/C31H55ClFN5O7/c32-22-13-35-30(36-14-22)37-6-4-31(5-7-37)11-21(31)3-8-45-23-2-1-20(24(33)10-23)9-27(42)38-16-19(17-38)12-34-15-25(40)28(43)29(44)26(41)18-39/h19-26,28-30,34-36,39-41,43-44H,1-18H2/t20?,21?,22?,23?,24?,25-,26+,28+,29+,30?/m0/s1. The average Bonchev–Trinajstić information content (AvgIpc) is 3.69. The number of alkyl halides is 2. The van der Waals surface area contributed by atoms with E-state index in [0.29, 0.717) is 50.4 Å². The van der Waals surface area contributed by atoms with E-state index in [1.165, 1.54) is 19.3 Å². The highest BCUT2D eigenvalue weighted by Crippen LogP contribution is 2.61. The van der Waals surface area contributed by atoms with Crippen molar-refractivity contribution in [2.45, 2.75) is 99.7 Å². The number of rotatable bonds is 15. The van der Waals surface area contributed by atoms with Gasteiger partial charge < -0.3 is 40.5 Å². The lowest BCUT2D eigenvalue weighted by atomic mass is 9.83. The zero-order chi connectivity index (χ0) is 32.1. The lowest BCUT2D eigenvalue weighted by molar-refractivity contribution is -0.140. The first-order valence-electron chi connectivity index (χ1n) is 17.0. The van der Waals surface area contributed by atoms with Gasteiger partial charge >= 0.3 is 0 Å². The zero-order valence-corrected chi connectivity index (χ0v) is 27.0. The zero-order valence-electron chi connectivity index (χ0n) is 26.3. The first-order valence-corrected chi connectivity index (χ1v) is 17.4. The molecule has 1 amide bonds. The molecule has 0 radical (unpaired) electrons. The summed E-state index contributed by atoms with van der Waals surface area (Å²) < 4.78 is 21.2. The largest absolute Gasteiger partial charge is 0.394 e. The summed E-state index contributed by atoms with van der Waals surface area (Å²) in [4.78, 5) is 17.0. The van der Waals surface area contributed by atoms with Gasteiger partial charge in [-0.2, -0.15) is 0 Å². The van der Waals surface area contributed by atoms with E-state index >= 15 is 4.39 Å². The Morgan fingerprint density at radius 1 is 1.07 bits per heavy atom. The quantitative estimate of drug-likeness (QED) is 0.101. The van der Waals surface area contributed by atoms with Crippen LogP contribution in [0, 0.1) is 23.2 Å². The second-order valence-corrected chi connectivity index (χ2v) is 14.9. The molecule has 5 rings (SSSR count). The molecule has 2 saturated carbocycles. The van der Waals surface area contributed by atoms with Crippen molar-refractivity contribution in [1.29, 1.82) is 0 Å². The Balaban J connectivity index is 0.897. The molecule has 1 spiro atoms. The van der Waals surface area contributed by atoms with Crippen molar-refractivity contribution >= 4 is 17.5 Å². The van der Waals surface area contributed by atoms with Gasteiger partial charge in [-0.15, -0.1) is 11.6 Å². The molecule has 5 fully saturated rings. The van der Waals surface area contributed by atoms with Crippen LogP contribution in [0.5, 0.6) is 0 Å². The summed E-state index contributed by atoms with van der Waals surface area (Å²) in [5, 5.41) is 58.0. The van der Waals surface area contributed by atoms with Crippen molar-refractivity contribution < 1.29 is 39.5 Å². The van der Waals surface area contributed by atoms with E-state index in [2.05, 4.69) is 20.9 Å². The van der Waals surface area contributed by atoms with Crippen molar-refractivity contribution in [3.8, 4) is 0 Å². The predicted octanol–water partition coefficient (Wildman–Crippen LogP) is -1.04. The number of halogens is 2. The molecule has 14 heteroatoms. The third kappa shape index (κ3) is 9.26. The minimum atomic E-state index is -1.66. The predicted molar refractivity (Wildman–Crippen MR) is 166 cm³/mol. The van der Waals surface area contributed by atoms with Crippen LogP contribution >= 0.6 is 11.6 Å². The Bertz CT molecular complexity index is 938. The second-order valence-electron chi connectivity index (χ2n) is 14.3. The molecule has 8 atom stereocenters. The van der Waals surface area contributed by atoms with Crippen molar-refractivity contribution in [3.63, 3.8) is 0 Å². The summed E-state index contributed by atoms with van der Waals surface area (Å²) in [5.41, 5.74) is 0.467. The molecule has 3 heterocycles. The van der Waals surface area contributed by atoms with Crippen LogP contribution in [0.25, 0.3) is 0 Å².